The molecule has 0 amide bonds. The SMILES string of the molecule is CCNC(=NCC1(CC)CCCC1)NCCC(F)(F)F. The summed E-state index contributed by atoms with van der Waals surface area (Å²) < 4.78 is 36.4. The zero-order valence-electron chi connectivity index (χ0n) is 12.4. The summed E-state index contributed by atoms with van der Waals surface area (Å²) in [5, 5.41) is 5.77. The van der Waals surface area contributed by atoms with Gasteiger partial charge >= 0.3 is 6.18 Å². The van der Waals surface area contributed by atoms with Crippen molar-refractivity contribution in [1.82, 2.24) is 10.6 Å². The molecule has 0 heterocycles. The average molecular weight is 293 g/mol. The summed E-state index contributed by atoms with van der Waals surface area (Å²) in [5.74, 6) is 0.497. The van der Waals surface area contributed by atoms with Crippen LogP contribution in [-0.4, -0.2) is 31.8 Å². The van der Waals surface area contributed by atoms with Crippen molar-refractivity contribution in [3.8, 4) is 0 Å². The number of aliphatic imine (C=N–C) groups is 1. The Bertz CT molecular complexity index is 307. The van der Waals surface area contributed by atoms with E-state index in [2.05, 4.69) is 22.5 Å². The molecule has 1 rings (SSSR count). The first-order valence-corrected chi connectivity index (χ1v) is 7.50. The zero-order valence-corrected chi connectivity index (χ0v) is 12.4. The van der Waals surface area contributed by atoms with E-state index >= 15 is 0 Å². The molecule has 3 nitrogen and oxygen atoms in total. The number of guanidine groups is 1. The molecule has 0 aromatic rings. The number of hydrogen-bond acceptors (Lipinski definition) is 1. The van der Waals surface area contributed by atoms with Gasteiger partial charge in [-0.2, -0.15) is 13.2 Å². The predicted octanol–water partition coefficient (Wildman–Crippen LogP) is 3.46. The van der Waals surface area contributed by atoms with Gasteiger partial charge in [0.15, 0.2) is 5.96 Å². The van der Waals surface area contributed by atoms with Gasteiger partial charge in [-0.15, -0.1) is 0 Å². The summed E-state index contributed by atoms with van der Waals surface area (Å²) in [6.07, 6.45) is 0.946. The molecule has 0 aliphatic heterocycles. The van der Waals surface area contributed by atoms with Gasteiger partial charge in [0.25, 0.3) is 0 Å². The molecule has 0 aromatic heterocycles. The minimum Gasteiger partial charge on any atom is -0.357 e. The van der Waals surface area contributed by atoms with Crippen LogP contribution in [-0.2, 0) is 0 Å². The van der Waals surface area contributed by atoms with E-state index in [9.17, 15) is 13.2 Å². The molecule has 118 valence electrons. The van der Waals surface area contributed by atoms with E-state index in [0.717, 1.165) is 6.42 Å². The smallest absolute Gasteiger partial charge is 0.357 e. The Kier molecular flexibility index (Phi) is 6.62. The van der Waals surface area contributed by atoms with Crippen molar-refractivity contribution in [2.75, 3.05) is 19.6 Å². The second-order valence-electron chi connectivity index (χ2n) is 5.55. The highest BCUT2D eigenvalue weighted by atomic mass is 19.4. The first-order valence-electron chi connectivity index (χ1n) is 7.50. The Morgan fingerprint density at radius 2 is 1.80 bits per heavy atom. The van der Waals surface area contributed by atoms with Gasteiger partial charge in [-0.05, 0) is 31.6 Å². The fourth-order valence-corrected chi connectivity index (χ4v) is 2.66. The van der Waals surface area contributed by atoms with E-state index in [1.165, 1.54) is 25.7 Å². The molecule has 0 unspecified atom stereocenters. The van der Waals surface area contributed by atoms with Crippen LogP contribution >= 0.6 is 0 Å². The lowest BCUT2D eigenvalue weighted by Crippen LogP contribution is -2.39. The van der Waals surface area contributed by atoms with Crippen LogP contribution in [0.3, 0.4) is 0 Å². The molecule has 1 saturated carbocycles. The minimum absolute atomic E-state index is 0.130. The molecule has 1 aliphatic carbocycles. The van der Waals surface area contributed by atoms with Gasteiger partial charge in [0.1, 0.15) is 0 Å². The number of nitrogens with one attached hydrogen (secondary N) is 2. The molecule has 2 N–H and O–H groups in total. The van der Waals surface area contributed by atoms with Crippen LogP contribution in [0.15, 0.2) is 4.99 Å². The van der Waals surface area contributed by atoms with Gasteiger partial charge in [0.05, 0.1) is 6.42 Å². The maximum Gasteiger partial charge on any atom is 0.390 e. The van der Waals surface area contributed by atoms with Crippen LogP contribution in [0.2, 0.25) is 0 Å². The molecule has 0 saturated heterocycles. The van der Waals surface area contributed by atoms with Gasteiger partial charge < -0.3 is 10.6 Å². The third kappa shape index (κ3) is 6.01. The highest BCUT2D eigenvalue weighted by Gasteiger charge is 2.31. The van der Waals surface area contributed by atoms with Crippen molar-refractivity contribution in [1.29, 1.82) is 0 Å². The standard InChI is InChI=1S/C14H26F3N3/c1-3-13(7-5-6-8-13)11-20-12(18-4-2)19-10-9-14(15,16)17/h3-11H2,1-2H3,(H2,18,19,20). The van der Waals surface area contributed by atoms with Gasteiger partial charge in [-0.3, -0.25) is 4.99 Å². The van der Waals surface area contributed by atoms with Crippen molar-refractivity contribution in [3.05, 3.63) is 0 Å². The van der Waals surface area contributed by atoms with Crippen molar-refractivity contribution in [2.45, 2.75) is 58.5 Å². The second kappa shape index (κ2) is 7.74. The van der Waals surface area contributed by atoms with Crippen LogP contribution in [0, 0.1) is 5.41 Å². The highest BCUT2D eigenvalue weighted by Crippen LogP contribution is 2.41. The van der Waals surface area contributed by atoms with Crippen LogP contribution in [0.1, 0.15) is 52.4 Å². The molecule has 20 heavy (non-hydrogen) atoms. The Balaban J connectivity index is 2.49. The van der Waals surface area contributed by atoms with Gasteiger partial charge in [-0.1, -0.05) is 19.8 Å². The first-order chi connectivity index (χ1) is 9.41. The largest absolute Gasteiger partial charge is 0.390 e. The maximum absolute atomic E-state index is 12.1. The van der Waals surface area contributed by atoms with E-state index in [1.807, 2.05) is 6.92 Å². The topological polar surface area (TPSA) is 36.4 Å². The van der Waals surface area contributed by atoms with Crippen LogP contribution < -0.4 is 10.6 Å². The molecule has 1 fully saturated rings. The molecule has 0 atom stereocenters. The molecule has 0 bridgehead atoms. The Hall–Kier alpha value is -0.940. The monoisotopic (exact) mass is 293 g/mol. The van der Waals surface area contributed by atoms with E-state index < -0.39 is 12.6 Å². The Morgan fingerprint density at radius 1 is 1.15 bits per heavy atom. The molecular weight excluding hydrogens is 267 g/mol. The number of hydrogen-bond donors (Lipinski definition) is 2. The predicted molar refractivity (Wildman–Crippen MR) is 75.8 cm³/mol. The summed E-state index contributed by atoms with van der Waals surface area (Å²) in [5.41, 5.74) is 0.256. The van der Waals surface area contributed by atoms with E-state index in [-0.39, 0.29) is 12.0 Å². The summed E-state index contributed by atoms with van der Waals surface area (Å²) in [4.78, 5) is 4.49. The van der Waals surface area contributed by atoms with Crippen molar-refractivity contribution < 1.29 is 13.2 Å². The number of halogens is 3. The summed E-state index contributed by atoms with van der Waals surface area (Å²) in [6, 6.07) is 0. The molecule has 0 aromatic carbocycles. The lowest BCUT2D eigenvalue weighted by atomic mass is 9.84. The van der Waals surface area contributed by atoms with Crippen LogP contribution in [0.5, 0.6) is 0 Å². The minimum atomic E-state index is -4.12. The number of rotatable bonds is 6. The molecule has 1 aliphatic rings. The molecular formula is C14H26F3N3. The lowest BCUT2D eigenvalue weighted by Gasteiger charge is -2.25. The molecule has 0 radical (unpaired) electrons. The van der Waals surface area contributed by atoms with E-state index in [0.29, 0.717) is 19.0 Å². The fourth-order valence-electron chi connectivity index (χ4n) is 2.66. The van der Waals surface area contributed by atoms with Crippen molar-refractivity contribution in [3.63, 3.8) is 0 Å². The molecule has 0 spiro atoms. The normalized spacial score (nSPS) is 19.1. The van der Waals surface area contributed by atoms with Gasteiger partial charge in [0, 0.05) is 19.6 Å². The second-order valence-corrected chi connectivity index (χ2v) is 5.55. The van der Waals surface area contributed by atoms with Gasteiger partial charge in [0.2, 0.25) is 0 Å². The maximum atomic E-state index is 12.1. The average Bonchev–Trinajstić information content (AvgIpc) is 2.84. The van der Waals surface area contributed by atoms with Gasteiger partial charge in [-0.25, -0.2) is 0 Å². The van der Waals surface area contributed by atoms with Crippen molar-refractivity contribution >= 4 is 5.96 Å². The lowest BCUT2D eigenvalue weighted by molar-refractivity contribution is -0.132. The molecule has 6 heteroatoms. The summed E-state index contributed by atoms with van der Waals surface area (Å²) >= 11 is 0. The van der Waals surface area contributed by atoms with Crippen LogP contribution in [0.4, 0.5) is 13.2 Å². The van der Waals surface area contributed by atoms with Crippen LogP contribution in [0.25, 0.3) is 0 Å². The van der Waals surface area contributed by atoms with E-state index in [1.54, 1.807) is 0 Å². The Morgan fingerprint density at radius 3 is 2.30 bits per heavy atom. The third-order valence-corrected chi connectivity index (χ3v) is 4.03. The van der Waals surface area contributed by atoms with E-state index in [4.69, 9.17) is 0 Å². The quantitative estimate of drug-likeness (QED) is 0.581. The summed E-state index contributed by atoms with van der Waals surface area (Å²) in [6.45, 7) is 5.30. The number of alkyl halides is 3. The number of nitrogens with zero attached hydrogens (tertiary/aromatic N) is 1. The highest BCUT2D eigenvalue weighted by molar-refractivity contribution is 5.79. The Labute approximate surface area is 119 Å². The zero-order chi connectivity index (χ0) is 15.1. The summed E-state index contributed by atoms with van der Waals surface area (Å²) in [7, 11) is 0. The van der Waals surface area contributed by atoms with Crippen molar-refractivity contribution in [2.24, 2.45) is 10.4 Å². The third-order valence-electron chi connectivity index (χ3n) is 4.03. The fraction of sp³-hybridized carbons (Fsp3) is 0.929. The first kappa shape index (κ1) is 17.1.